The molecule has 10 atom stereocenters. The van der Waals surface area contributed by atoms with E-state index in [0.717, 1.165) is 0 Å². The van der Waals surface area contributed by atoms with E-state index in [1.54, 1.807) is 0 Å². The average molecular weight is 420 g/mol. The first-order valence-corrected chi connectivity index (χ1v) is 9.24. The van der Waals surface area contributed by atoms with Crippen LogP contribution in [0.3, 0.4) is 0 Å². The molecule has 2 heterocycles. The van der Waals surface area contributed by atoms with Crippen molar-refractivity contribution >= 4 is 7.82 Å². The minimum Gasteiger partial charge on any atom is -0.790 e. The molecule has 0 aromatic carbocycles. The number of ether oxygens (including phenoxy) is 3. The van der Waals surface area contributed by atoms with Gasteiger partial charge in [-0.25, -0.2) is 0 Å². The molecule has 0 spiro atoms. The largest absolute Gasteiger partial charge is 0.790 e. The lowest BCUT2D eigenvalue weighted by molar-refractivity contribution is -0.379. The minimum atomic E-state index is -5.42. The maximum absolute atomic E-state index is 10.5. The summed E-state index contributed by atoms with van der Waals surface area (Å²) in [6, 6.07) is 0. The summed E-state index contributed by atoms with van der Waals surface area (Å²) in [6.45, 7) is -1.75. The zero-order valence-corrected chi connectivity index (χ0v) is 14.5. The summed E-state index contributed by atoms with van der Waals surface area (Å²) in [6.07, 6.45) is -17.5. The maximum Gasteiger partial charge on any atom is 0.189 e. The Hall–Kier alpha value is -0.290. The van der Waals surface area contributed by atoms with Gasteiger partial charge in [-0.1, -0.05) is 0 Å². The Labute approximate surface area is 152 Å². The third-order valence-corrected chi connectivity index (χ3v) is 4.65. The van der Waals surface area contributed by atoms with Crippen LogP contribution in [0.1, 0.15) is 0 Å². The van der Waals surface area contributed by atoms with E-state index in [4.69, 9.17) is 19.3 Å². The second-order valence-electron chi connectivity index (χ2n) is 6.09. The molecule has 15 heteroatoms. The van der Waals surface area contributed by atoms with Crippen LogP contribution in [-0.2, 0) is 23.3 Å². The quantitative estimate of drug-likeness (QED) is 0.198. The third-order valence-electron chi connectivity index (χ3n) is 4.18. The smallest absolute Gasteiger partial charge is 0.189 e. The number of phosphoric ester groups is 1. The number of phosphoric acid groups is 1. The Balaban J connectivity index is 2.08. The predicted octanol–water partition coefficient (Wildman–Crippen LogP) is -6.54. The molecular weight excluding hydrogens is 399 g/mol. The van der Waals surface area contributed by atoms with Crippen molar-refractivity contribution in [3.63, 3.8) is 0 Å². The SMILES string of the molecule is O=P([O-])([O-])OC[C@H]1O[C@H](O[C@@H]2O[C@H](CO)[C@@H](O)[C@H](O)[C@H]2O)[C@H](O)[C@@H](O)[C@@H]1O. The van der Waals surface area contributed by atoms with Crippen molar-refractivity contribution in [1.82, 2.24) is 0 Å². The summed E-state index contributed by atoms with van der Waals surface area (Å²) in [4.78, 5) is 21.1. The fourth-order valence-electron chi connectivity index (χ4n) is 2.64. The van der Waals surface area contributed by atoms with E-state index in [0.29, 0.717) is 0 Å². The first-order chi connectivity index (χ1) is 12.5. The van der Waals surface area contributed by atoms with Gasteiger partial charge in [-0.05, 0) is 0 Å². The number of hydrogen-bond acceptors (Lipinski definition) is 14. The van der Waals surface area contributed by atoms with Gasteiger partial charge in [0.05, 0.1) is 21.0 Å². The summed E-state index contributed by atoms with van der Waals surface area (Å²) in [5.41, 5.74) is 0. The third kappa shape index (κ3) is 5.41. The molecule has 0 aromatic rings. The molecule has 0 aromatic heterocycles. The van der Waals surface area contributed by atoms with Crippen LogP contribution in [0.2, 0.25) is 0 Å². The van der Waals surface area contributed by atoms with Crippen molar-refractivity contribution in [2.75, 3.05) is 13.2 Å². The highest BCUT2D eigenvalue weighted by atomic mass is 31.2. The summed E-state index contributed by atoms with van der Waals surface area (Å²) in [5.74, 6) is 0. The van der Waals surface area contributed by atoms with E-state index < -0.39 is 82.4 Å². The molecule has 0 aliphatic carbocycles. The molecule has 0 radical (unpaired) electrons. The van der Waals surface area contributed by atoms with Crippen LogP contribution in [0.5, 0.6) is 0 Å². The van der Waals surface area contributed by atoms with E-state index in [2.05, 4.69) is 4.52 Å². The molecule has 0 saturated carbocycles. The van der Waals surface area contributed by atoms with E-state index in [9.17, 15) is 45.0 Å². The van der Waals surface area contributed by atoms with Crippen molar-refractivity contribution in [1.29, 1.82) is 0 Å². The van der Waals surface area contributed by atoms with Crippen molar-refractivity contribution in [3.8, 4) is 0 Å². The van der Waals surface area contributed by atoms with Crippen LogP contribution in [0, 0.1) is 0 Å². The van der Waals surface area contributed by atoms with Crippen molar-refractivity contribution < 1.29 is 68.8 Å². The zero-order chi connectivity index (χ0) is 20.5. The lowest BCUT2D eigenvalue weighted by Gasteiger charge is -2.45. The van der Waals surface area contributed by atoms with Crippen molar-refractivity contribution in [2.45, 2.75) is 61.4 Å². The van der Waals surface area contributed by atoms with Gasteiger partial charge in [-0.15, -0.1) is 0 Å². The molecule has 160 valence electrons. The van der Waals surface area contributed by atoms with E-state index in [1.165, 1.54) is 0 Å². The molecule has 14 nitrogen and oxygen atoms in total. The molecule has 0 bridgehead atoms. The molecule has 27 heavy (non-hydrogen) atoms. The Morgan fingerprint density at radius 3 is 1.67 bits per heavy atom. The van der Waals surface area contributed by atoms with Crippen LogP contribution >= 0.6 is 7.82 Å². The highest BCUT2D eigenvalue weighted by molar-refractivity contribution is 7.43. The molecule has 7 N–H and O–H groups in total. The van der Waals surface area contributed by atoms with Crippen molar-refractivity contribution in [2.24, 2.45) is 0 Å². The summed E-state index contributed by atoms with van der Waals surface area (Å²) >= 11 is 0. The molecule has 2 fully saturated rings. The van der Waals surface area contributed by atoms with Crippen LogP contribution in [0.15, 0.2) is 0 Å². The van der Waals surface area contributed by atoms with Gasteiger partial charge in [0.15, 0.2) is 12.6 Å². The van der Waals surface area contributed by atoms with Gasteiger partial charge in [-0.3, -0.25) is 0 Å². The number of aliphatic hydroxyl groups excluding tert-OH is 7. The van der Waals surface area contributed by atoms with Crippen LogP contribution < -0.4 is 9.79 Å². The first kappa shape index (κ1) is 23.0. The van der Waals surface area contributed by atoms with Gasteiger partial charge in [-0.2, -0.15) is 0 Å². The predicted molar refractivity (Wildman–Crippen MR) is 75.1 cm³/mol. The normalized spacial score (nSPS) is 46.4. The molecule has 2 rings (SSSR count). The standard InChI is InChI=1S/C12H23O14P/c13-1-3-5(14)7(16)9(18)11(24-3)26-12-10(19)8(17)6(15)4(25-12)2-23-27(20,21)22/h3-19H,1-2H2,(H2,20,21,22)/p-2/t3-,4-,5-,6-,7+,8+,9-,10-,11+,12-/m1/s1. The van der Waals surface area contributed by atoms with Gasteiger partial charge in [0.25, 0.3) is 0 Å². The minimum absolute atomic E-state index is 0.751. The maximum atomic E-state index is 10.5. The Morgan fingerprint density at radius 1 is 0.778 bits per heavy atom. The fourth-order valence-corrected chi connectivity index (χ4v) is 2.97. The summed E-state index contributed by atoms with van der Waals surface area (Å²) in [5, 5.41) is 68.0. The van der Waals surface area contributed by atoms with Gasteiger partial charge in [0.1, 0.15) is 48.8 Å². The monoisotopic (exact) mass is 420 g/mol. The Kier molecular flexibility index (Phi) is 7.68. The molecule has 2 aliphatic rings. The summed E-state index contributed by atoms with van der Waals surface area (Å²) in [7, 11) is -5.42. The number of rotatable bonds is 6. The van der Waals surface area contributed by atoms with E-state index in [1.807, 2.05) is 0 Å². The first-order valence-electron chi connectivity index (χ1n) is 7.78. The van der Waals surface area contributed by atoms with E-state index in [-0.39, 0.29) is 0 Å². The zero-order valence-electron chi connectivity index (χ0n) is 13.6. The molecule has 0 unspecified atom stereocenters. The highest BCUT2D eigenvalue weighted by Crippen LogP contribution is 2.31. The summed E-state index contributed by atoms with van der Waals surface area (Å²) < 4.78 is 29.7. The molecule has 2 saturated heterocycles. The lowest BCUT2D eigenvalue weighted by Crippen LogP contribution is -2.63. The number of aliphatic hydroxyl groups is 7. The topological polar surface area (TPSA) is 242 Å². The van der Waals surface area contributed by atoms with Gasteiger partial charge in [0.2, 0.25) is 0 Å². The second kappa shape index (κ2) is 9.02. The fraction of sp³-hybridized carbons (Fsp3) is 1.00. The Bertz CT molecular complexity index is 526. The molecule has 0 amide bonds. The van der Waals surface area contributed by atoms with Gasteiger partial charge >= 0.3 is 0 Å². The number of hydrogen-bond donors (Lipinski definition) is 7. The highest BCUT2D eigenvalue weighted by Gasteiger charge is 2.49. The van der Waals surface area contributed by atoms with Crippen LogP contribution in [0.4, 0.5) is 0 Å². The average Bonchev–Trinajstić information content (AvgIpc) is 2.60. The lowest BCUT2D eigenvalue weighted by atomic mass is 9.98. The van der Waals surface area contributed by atoms with Gasteiger partial charge < -0.3 is 68.8 Å². The van der Waals surface area contributed by atoms with Gasteiger partial charge in [0, 0.05) is 0 Å². The second-order valence-corrected chi connectivity index (χ2v) is 7.24. The van der Waals surface area contributed by atoms with Crippen LogP contribution in [0.25, 0.3) is 0 Å². The van der Waals surface area contributed by atoms with E-state index >= 15 is 0 Å². The molecule has 2 aliphatic heterocycles. The van der Waals surface area contributed by atoms with Crippen molar-refractivity contribution in [3.05, 3.63) is 0 Å². The Morgan fingerprint density at radius 2 is 1.22 bits per heavy atom. The molecular formula is C12H21O14P-2. The van der Waals surface area contributed by atoms with Crippen LogP contribution in [-0.4, -0.2) is 110 Å².